The maximum Gasteiger partial charge on any atom is 0.00541 e. The molecule has 16 heavy (non-hydrogen) atoms. The summed E-state index contributed by atoms with van der Waals surface area (Å²) in [5.41, 5.74) is 0.449. The smallest absolute Gasteiger partial charge is 0.00541 e. The first-order valence-electron chi connectivity index (χ1n) is 6.42. The molecular weight excluding hydrogens is 214 g/mol. The van der Waals surface area contributed by atoms with Crippen molar-refractivity contribution in [1.82, 2.24) is 5.32 Å². The molecule has 0 fully saturated rings. The zero-order chi connectivity index (χ0) is 12.0. The zero-order valence-corrected chi connectivity index (χ0v) is 11.9. The molecule has 0 radical (unpaired) electrons. The monoisotopic (exact) mass is 239 g/mol. The van der Waals surface area contributed by atoms with E-state index in [9.17, 15) is 0 Å². The SMILES string of the molecule is CCc1ccc(CC(CC)(CC)CNC)s1. The first-order valence-corrected chi connectivity index (χ1v) is 7.23. The Labute approximate surface area is 104 Å². The Hall–Kier alpha value is -0.340. The van der Waals surface area contributed by atoms with E-state index in [2.05, 4.69) is 45.3 Å². The van der Waals surface area contributed by atoms with Crippen molar-refractivity contribution < 1.29 is 0 Å². The van der Waals surface area contributed by atoms with Gasteiger partial charge in [0.25, 0.3) is 0 Å². The molecule has 0 aliphatic heterocycles. The molecule has 0 aromatic carbocycles. The number of hydrogen-bond acceptors (Lipinski definition) is 2. The molecule has 1 rings (SSSR count). The van der Waals surface area contributed by atoms with Gasteiger partial charge < -0.3 is 5.32 Å². The van der Waals surface area contributed by atoms with Crippen LogP contribution in [-0.2, 0) is 12.8 Å². The van der Waals surface area contributed by atoms with E-state index < -0.39 is 0 Å². The minimum Gasteiger partial charge on any atom is -0.319 e. The van der Waals surface area contributed by atoms with Crippen molar-refractivity contribution >= 4 is 11.3 Å². The highest BCUT2D eigenvalue weighted by molar-refractivity contribution is 7.11. The van der Waals surface area contributed by atoms with Crippen molar-refractivity contribution in [3.63, 3.8) is 0 Å². The number of hydrogen-bond donors (Lipinski definition) is 1. The topological polar surface area (TPSA) is 12.0 Å². The highest BCUT2D eigenvalue weighted by Crippen LogP contribution is 2.32. The Morgan fingerprint density at radius 3 is 2.19 bits per heavy atom. The van der Waals surface area contributed by atoms with E-state index in [-0.39, 0.29) is 0 Å². The number of aryl methyl sites for hydroxylation is 1. The summed E-state index contributed by atoms with van der Waals surface area (Å²) in [6, 6.07) is 4.61. The van der Waals surface area contributed by atoms with Crippen LogP contribution >= 0.6 is 11.3 Å². The van der Waals surface area contributed by atoms with Crippen LogP contribution in [0.15, 0.2) is 12.1 Å². The highest BCUT2D eigenvalue weighted by Gasteiger charge is 2.26. The van der Waals surface area contributed by atoms with Crippen LogP contribution in [-0.4, -0.2) is 13.6 Å². The Morgan fingerprint density at radius 2 is 1.75 bits per heavy atom. The van der Waals surface area contributed by atoms with Gasteiger partial charge in [0.05, 0.1) is 0 Å². The quantitative estimate of drug-likeness (QED) is 0.761. The van der Waals surface area contributed by atoms with Crippen LogP contribution in [0.4, 0.5) is 0 Å². The van der Waals surface area contributed by atoms with E-state index in [1.807, 2.05) is 11.3 Å². The Kier molecular flexibility index (Phi) is 5.50. The second kappa shape index (κ2) is 6.41. The fourth-order valence-electron chi connectivity index (χ4n) is 2.26. The molecule has 1 N–H and O–H groups in total. The van der Waals surface area contributed by atoms with E-state index in [0.717, 1.165) is 6.54 Å². The zero-order valence-electron chi connectivity index (χ0n) is 11.1. The first-order chi connectivity index (χ1) is 7.69. The van der Waals surface area contributed by atoms with Gasteiger partial charge in [-0.1, -0.05) is 20.8 Å². The average Bonchev–Trinajstić information content (AvgIpc) is 2.76. The molecule has 1 aromatic rings. The Bertz CT molecular complexity index is 299. The van der Waals surface area contributed by atoms with Gasteiger partial charge >= 0.3 is 0 Å². The van der Waals surface area contributed by atoms with Crippen LogP contribution in [0, 0.1) is 5.41 Å². The van der Waals surface area contributed by atoms with Crippen LogP contribution in [0.1, 0.15) is 43.4 Å². The summed E-state index contributed by atoms with van der Waals surface area (Å²) >= 11 is 1.99. The minimum atomic E-state index is 0.449. The van der Waals surface area contributed by atoms with Crippen LogP contribution in [0.2, 0.25) is 0 Å². The van der Waals surface area contributed by atoms with Crippen molar-refractivity contribution in [2.75, 3.05) is 13.6 Å². The maximum atomic E-state index is 3.36. The molecule has 0 aliphatic rings. The highest BCUT2D eigenvalue weighted by atomic mass is 32.1. The molecule has 0 saturated carbocycles. The van der Waals surface area contributed by atoms with Gasteiger partial charge in [-0.05, 0) is 50.3 Å². The fourth-order valence-corrected chi connectivity index (χ4v) is 3.40. The second-order valence-corrected chi connectivity index (χ2v) is 5.89. The second-order valence-electron chi connectivity index (χ2n) is 4.64. The number of nitrogens with one attached hydrogen (secondary N) is 1. The van der Waals surface area contributed by atoms with Crippen molar-refractivity contribution in [2.24, 2.45) is 5.41 Å². The molecule has 1 heterocycles. The van der Waals surface area contributed by atoms with Gasteiger partial charge in [0.2, 0.25) is 0 Å². The van der Waals surface area contributed by atoms with Gasteiger partial charge in [0, 0.05) is 16.3 Å². The molecule has 0 bridgehead atoms. The van der Waals surface area contributed by atoms with Gasteiger partial charge in [0.1, 0.15) is 0 Å². The van der Waals surface area contributed by atoms with Crippen molar-refractivity contribution in [3.05, 3.63) is 21.9 Å². The van der Waals surface area contributed by atoms with Gasteiger partial charge in [0.15, 0.2) is 0 Å². The lowest BCUT2D eigenvalue weighted by atomic mass is 9.78. The van der Waals surface area contributed by atoms with Crippen molar-refractivity contribution in [2.45, 2.75) is 46.5 Å². The molecule has 1 aromatic heterocycles. The summed E-state index contributed by atoms with van der Waals surface area (Å²) in [4.78, 5) is 3.07. The number of rotatable bonds is 7. The lowest BCUT2D eigenvalue weighted by Crippen LogP contribution is -2.33. The van der Waals surface area contributed by atoms with E-state index in [4.69, 9.17) is 0 Å². The summed E-state index contributed by atoms with van der Waals surface area (Å²) in [6.45, 7) is 7.99. The summed E-state index contributed by atoms with van der Waals surface area (Å²) in [7, 11) is 2.06. The van der Waals surface area contributed by atoms with E-state index in [0.29, 0.717) is 5.41 Å². The Balaban J connectivity index is 2.74. The molecule has 0 spiro atoms. The van der Waals surface area contributed by atoms with E-state index >= 15 is 0 Å². The third kappa shape index (κ3) is 3.33. The summed E-state index contributed by atoms with van der Waals surface area (Å²) < 4.78 is 0. The lowest BCUT2D eigenvalue weighted by Gasteiger charge is -2.31. The third-order valence-electron chi connectivity index (χ3n) is 3.67. The lowest BCUT2D eigenvalue weighted by molar-refractivity contribution is 0.255. The molecule has 0 atom stereocenters. The third-order valence-corrected chi connectivity index (χ3v) is 4.90. The molecular formula is C14H25NS. The van der Waals surface area contributed by atoms with Gasteiger partial charge in [-0.3, -0.25) is 0 Å². The molecule has 0 aliphatic carbocycles. The first kappa shape index (κ1) is 13.7. The average molecular weight is 239 g/mol. The molecule has 92 valence electrons. The largest absolute Gasteiger partial charge is 0.319 e. The fraction of sp³-hybridized carbons (Fsp3) is 0.714. The van der Waals surface area contributed by atoms with Gasteiger partial charge in [-0.25, -0.2) is 0 Å². The van der Waals surface area contributed by atoms with Crippen molar-refractivity contribution in [1.29, 1.82) is 0 Å². The summed E-state index contributed by atoms with van der Waals surface area (Å²) in [5, 5.41) is 3.36. The molecule has 1 nitrogen and oxygen atoms in total. The predicted octanol–water partition coefficient (Wildman–Crippen LogP) is 3.88. The number of thiophene rings is 1. The maximum absolute atomic E-state index is 3.36. The van der Waals surface area contributed by atoms with E-state index in [1.54, 1.807) is 4.88 Å². The van der Waals surface area contributed by atoms with Crippen LogP contribution in [0.5, 0.6) is 0 Å². The van der Waals surface area contributed by atoms with Crippen LogP contribution in [0.25, 0.3) is 0 Å². The molecule has 0 unspecified atom stereocenters. The van der Waals surface area contributed by atoms with Gasteiger partial charge in [-0.2, -0.15) is 0 Å². The normalized spacial score (nSPS) is 12.0. The van der Waals surface area contributed by atoms with Gasteiger partial charge in [-0.15, -0.1) is 11.3 Å². The standard InChI is InChI=1S/C14H25NS/c1-5-12-8-9-13(16-12)10-14(6-2,7-3)11-15-4/h8-9,15H,5-7,10-11H2,1-4H3. The molecule has 0 amide bonds. The van der Waals surface area contributed by atoms with Crippen molar-refractivity contribution in [3.8, 4) is 0 Å². The molecule has 2 heteroatoms. The Morgan fingerprint density at radius 1 is 1.12 bits per heavy atom. The summed E-state index contributed by atoms with van der Waals surface area (Å²) in [6.07, 6.45) is 4.90. The predicted molar refractivity (Wildman–Crippen MR) is 74.3 cm³/mol. The summed E-state index contributed by atoms with van der Waals surface area (Å²) in [5.74, 6) is 0. The molecule has 0 saturated heterocycles. The van der Waals surface area contributed by atoms with Crippen LogP contribution < -0.4 is 5.32 Å². The van der Waals surface area contributed by atoms with Crippen LogP contribution in [0.3, 0.4) is 0 Å². The van der Waals surface area contributed by atoms with E-state index in [1.165, 1.54) is 30.6 Å². The minimum absolute atomic E-state index is 0.449.